The molecule has 0 saturated carbocycles. The minimum atomic E-state index is 0.651. The van der Waals surface area contributed by atoms with Crippen molar-refractivity contribution < 1.29 is 0 Å². The fraction of sp³-hybridized carbons (Fsp3) is 0. The van der Waals surface area contributed by atoms with Crippen molar-refractivity contribution in [2.75, 3.05) is 16.8 Å². The van der Waals surface area contributed by atoms with Crippen LogP contribution in [0.15, 0.2) is 42.6 Å². The summed E-state index contributed by atoms with van der Waals surface area (Å²) in [5, 5.41) is 3.14. The van der Waals surface area contributed by atoms with Gasteiger partial charge < -0.3 is 16.8 Å². The van der Waals surface area contributed by atoms with Gasteiger partial charge in [0.15, 0.2) is 0 Å². The molecular weight excluding hydrogens is 188 g/mol. The molecule has 0 spiro atoms. The standard InChI is InChI=1S/C11H12N4/c12-8-1-4-10(5-2-8)15-11-6-3-9(13)7-14-11/h1-7H,12-13H2,(H,14,15). The molecule has 15 heavy (non-hydrogen) atoms. The number of rotatable bonds is 2. The van der Waals surface area contributed by atoms with Crippen LogP contribution >= 0.6 is 0 Å². The van der Waals surface area contributed by atoms with E-state index in [9.17, 15) is 0 Å². The number of hydrogen-bond donors (Lipinski definition) is 3. The van der Waals surface area contributed by atoms with E-state index in [0.717, 1.165) is 17.2 Å². The average molecular weight is 200 g/mol. The Morgan fingerprint density at radius 3 is 2.13 bits per heavy atom. The van der Waals surface area contributed by atoms with E-state index in [4.69, 9.17) is 11.5 Å². The van der Waals surface area contributed by atoms with Crippen LogP contribution in [0.3, 0.4) is 0 Å². The highest BCUT2D eigenvalue weighted by molar-refractivity contribution is 5.59. The zero-order chi connectivity index (χ0) is 10.7. The lowest BCUT2D eigenvalue weighted by molar-refractivity contribution is 1.31. The Kier molecular flexibility index (Phi) is 2.41. The molecule has 0 aliphatic rings. The summed E-state index contributed by atoms with van der Waals surface area (Å²) in [4.78, 5) is 4.13. The van der Waals surface area contributed by atoms with Crippen molar-refractivity contribution in [1.29, 1.82) is 0 Å². The van der Waals surface area contributed by atoms with Gasteiger partial charge in [-0.1, -0.05) is 0 Å². The van der Waals surface area contributed by atoms with Crippen LogP contribution in [0.5, 0.6) is 0 Å². The van der Waals surface area contributed by atoms with Gasteiger partial charge in [0.05, 0.1) is 11.9 Å². The van der Waals surface area contributed by atoms with Gasteiger partial charge in [-0.25, -0.2) is 4.98 Å². The van der Waals surface area contributed by atoms with Crippen LogP contribution in [0, 0.1) is 0 Å². The summed E-state index contributed by atoms with van der Waals surface area (Å²) in [7, 11) is 0. The van der Waals surface area contributed by atoms with E-state index >= 15 is 0 Å². The second-order valence-corrected chi connectivity index (χ2v) is 3.22. The molecule has 0 radical (unpaired) electrons. The number of nitrogen functional groups attached to an aromatic ring is 2. The topological polar surface area (TPSA) is 77.0 Å². The summed E-state index contributed by atoms with van der Waals surface area (Å²) < 4.78 is 0. The first-order valence-corrected chi connectivity index (χ1v) is 4.58. The summed E-state index contributed by atoms with van der Waals surface area (Å²) in [5.41, 5.74) is 13.5. The predicted molar refractivity (Wildman–Crippen MR) is 62.8 cm³/mol. The Bertz CT molecular complexity index is 390. The van der Waals surface area contributed by atoms with Gasteiger partial charge in [-0.3, -0.25) is 0 Å². The Hall–Kier alpha value is -2.23. The van der Waals surface area contributed by atoms with Crippen molar-refractivity contribution in [3.8, 4) is 0 Å². The number of hydrogen-bond acceptors (Lipinski definition) is 4. The first kappa shape index (κ1) is 9.33. The highest BCUT2D eigenvalue weighted by Gasteiger charge is 1.95. The summed E-state index contributed by atoms with van der Waals surface area (Å²) in [6.07, 6.45) is 1.61. The van der Waals surface area contributed by atoms with Crippen LogP contribution in [0.2, 0.25) is 0 Å². The van der Waals surface area contributed by atoms with Gasteiger partial charge >= 0.3 is 0 Å². The van der Waals surface area contributed by atoms with Gasteiger partial charge in [0.25, 0.3) is 0 Å². The third-order valence-corrected chi connectivity index (χ3v) is 1.97. The molecule has 0 bridgehead atoms. The lowest BCUT2D eigenvalue weighted by Gasteiger charge is -2.05. The molecule has 4 heteroatoms. The zero-order valence-electron chi connectivity index (χ0n) is 8.14. The van der Waals surface area contributed by atoms with Gasteiger partial charge in [0, 0.05) is 11.4 Å². The summed E-state index contributed by atoms with van der Waals surface area (Å²) in [6.45, 7) is 0. The lowest BCUT2D eigenvalue weighted by atomic mass is 10.3. The predicted octanol–water partition coefficient (Wildman–Crippen LogP) is 1.99. The van der Waals surface area contributed by atoms with Crippen molar-refractivity contribution in [3.63, 3.8) is 0 Å². The number of pyridine rings is 1. The summed E-state index contributed by atoms with van der Waals surface area (Å²) >= 11 is 0. The molecule has 0 amide bonds. The largest absolute Gasteiger partial charge is 0.399 e. The molecule has 2 aromatic rings. The van der Waals surface area contributed by atoms with E-state index < -0.39 is 0 Å². The third-order valence-electron chi connectivity index (χ3n) is 1.97. The maximum absolute atomic E-state index is 5.58. The van der Waals surface area contributed by atoms with E-state index in [0.29, 0.717) is 5.69 Å². The second-order valence-electron chi connectivity index (χ2n) is 3.22. The van der Waals surface area contributed by atoms with E-state index in [-0.39, 0.29) is 0 Å². The van der Waals surface area contributed by atoms with Crippen LogP contribution in [-0.4, -0.2) is 4.98 Å². The van der Waals surface area contributed by atoms with E-state index in [2.05, 4.69) is 10.3 Å². The molecule has 76 valence electrons. The number of nitrogens with one attached hydrogen (secondary N) is 1. The molecular formula is C11H12N4. The van der Waals surface area contributed by atoms with Crippen LogP contribution < -0.4 is 16.8 Å². The van der Waals surface area contributed by atoms with Gasteiger partial charge in [-0.15, -0.1) is 0 Å². The highest BCUT2D eigenvalue weighted by Crippen LogP contribution is 2.16. The van der Waals surface area contributed by atoms with Gasteiger partial charge in [0.1, 0.15) is 5.82 Å². The van der Waals surface area contributed by atoms with Crippen molar-refractivity contribution in [2.45, 2.75) is 0 Å². The molecule has 5 N–H and O–H groups in total. The Labute approximate surface area is 87.9 Å². The van der Waals surface area contributed by atoms with Crippen molar-refractivity contribution in [1.82, 2.24) is 4.98 Å². The molecule has 1 heterocycles. The Morgan fingerprint density at radius 1 is 0.867 bits per heavy atom. The zero-order valence-corrected chi connectivity index (χ0v) is 8.14. The quantitative estimate of drug-likeness (QED) is 0.648. The molecule has 2 rings (SSSR count). The molecule has 0 fully saturated rings. The minimum Gasteiger partial charge on any atom is -0.399 e. The van der Waals surface area contributed by atoms with E-state index in [1.165, 1.54) is 0 Å². The van der Waals surface area contributed by atoms with Crippen LogP contribution in [0.25, 0.3) is 0 Å². The SMILES string of the molecule is Nc1ccc(Nc2ccc(N)cn2)cc1. The first-order chi connectivity index (χ1) is 7.24. The molecule has 0 atom stereocenters. The molecule has 4 nitrogen and oxygen atoms in total. The van der Waals surface area contributed by atoms with Crippen LogP contribution in [-0.2, 0) is 0 Å². The molecule has 1 aromatic heterocycles. The smallest absolute Gasteiger partial charge is 0.130 e. The van der Waals surface area contributed by atoms with Crippen LogP contribution in [0.1, 0.15) is 0 Å². The normalized spacial score (nSPS) is 9.87. The number of anilines is 4. The van der Waals surface area contributed by atoms with Crippen molar-refractivity contribution in [2.24, 2.45) is 0 Å². The summed E-state index contributed by atoms with van der Waals surface area (Å²) in [5.74, 6) is 0.758. The monoisotopic (exact) mass is 200 g/mol. The van der Waals surface area contributed by atoms with E-state index in [1.807, 2.05) is 30.3 Å². The Morgan fingerprint density at radius 2 is 1.53 bits per heavy atom. The van der Waals surface area contributed by atoms with Gasteiger partial charge in [0.2, 0.25) is 0 Å². The molecule has 0 unspecified atom stereocenters. The first-order valence-electron chi connectivity index (χ1n) is 4.58. The second kappa shape index (κ2) is 3.88. The average Bonchev–Trinajstić information content (AvgIpc) is 2.25. The highest BCUT2D eigenvalue weighted by atomic mass is 15.0. The van der Waals surface area contributed by atoms with Gasteiger partial charge in [-0.05, 0) is 36.4 Å². The maximum Gasteiger partial charge on any atom is 0.130 e. The fourth-order valence-electron chi connectivity index (χ4n) is 1.19. The van der Waals surface area contributed by atoms with Gasteiger partial charge in [-0.2, -0.15) is 0 Å². The number of aromatic nitrogens is 1. The molecule has 0 aliphatic heterocycles. The molecule has 1 aromatic carbocycles. The molecule has 0 saturated heterocycles. The maximum atomic E-state index is 5.58. The molecule has 0 aliphatic carbocycles. The van der Waals surface area contributed by atoms with Crippen molar-refractivity contribution >= 4 is 22.9 Å². The van der Waals surface area contributed by atoms with Crippen molar-refractivity contribution in [3.05, 3.63) is 42.6 Å². The fourth-order valence-corrected chi connectivity index (χ4v) is 1.19. The van der Waals surface area contributed by atoms with Crippen LogP contribution in [0.4, 0.5) is 22.9 Å². The number of nitrogens with zero attached hydrogens (tertiary/aromatic N) is 1. The number of benzene rings is 1. The number of nitrogens with two attached hydrogens (primary N) is 2. The Balaban J connectivity index is 2.15. The van der Waals surface area contributed by atoms with E-state index in [1.54, 1.807) is 12.3 Å². The lowest BCUT2D eigenvalue weighted by Crippen LogP contribution is -1.94. The third kappa shape index (κ3) is 2.37. The summed E-state index contributed by atoms with van der Waals surface area (Å²) in [6, 6.07) is 11.1. The minimum absolute atomic E-state index is 0.651.